The molecule has 0 aliphatic carbocycles. The summed E-state index contributed by atoms with van der Waals surface area (Å²) in [5.41, 5.74) is 0.626. The third-order valence-electron chi connectivity index (χ3n) is 1.76. The summed E-state index contributed by atoms with van der Waals surface area (Å²) in [6, 6.07) is 9.02. The number of rotatable bonds is 1. The van der Waals surface area contributed by atoms with Gasteiger partial charge in [-0.1, -0.05) is 18.2 Å². The van der Waals surface area contributed by atoms with Crippen molar-refractivity contribution in [1.29, 1.82) is 0 Å². The van der Waals surface area contributed by atoms with Gasteiger partial charge in [-0.3, -0.25) is 0 Å². The summed E-state index contributed by atoms with van der Waals surface area (Å²) >= 11 is 0. The summed E-state index contributed by atoms with van der Waals surface area (Å²) in [4.78, 5) is 14.8. The number of hydrogen-bond donors (Lipinski definition) is 1. The minimum absolute atomic E-state index is 0.0798. The van der Waals surface area contributed by atoms with Crippen LogP contribution in [0.15, 0.2) is 47.3 Å². The van der Waals surface area contributed by atoms with Crippen LogP contribution in [0.5, 0.6) is 0 Å². The van der Waals surface area contributed by atoms with Gasteiger partial charge in [-0.25, -0.2) is 9.79 Å². The number of esters is 1. The van der Waals surface area contributed by atoms with E-state index in [0.717, 1.165) is 0 Å². The van der Waals surface area contributed by atoms with E-state index in [1.54, 1.807) is 12.1 Å². The van der Waals surface area contributed by atoms with Gasteiger partial charge >= 0.3 is 5.97 Å². The maximum absolute atomic E-state index is 11.0. The lowest BCUT2D eigenvalue weighted by Crippen LogP contribution is -2.04. The highest BCUT2D eigenvalue weighted by Gasteiger charge is 2.23. The van der Waals surface area contributed by atoms with Gasteiger partial charge in [0.05, 0.1) is 0 Å². The lowest BCUT2D eigenvalue weighted by molar-refractivity contribution is -0.130. The molecule has 1 aromatic rings. The van der Waals surface area contributed by atoms with Gasteiger partial charge in [0.1, 0.15) is 6.26 Å². The number of aliphatic imine (C=N–C) groups is 1. The Kier molecular flexibility index (Phi) is 2.02. The third kappa shape index (κ3) is 1.37. The molecular weight excluding hydrogens is 182 g/mol. The second-order valence-corrected chi connectivity index (χ2v) is 2.69. The van der Waals surface area contributed by atoms with Gasteiger partial charge in [0.2, 0.25) is 5.90 Å². The van der Waals surface area contributed by atoms with E-state index in [0.29, 0.717) is 11.8 Å². The van der Waals surface area contributed by atoms with Crippen molar-refractivity contribution < 1.29 is 14.6 Å². The van der Waals surface area contributed by atoms with Crippen molar-refractivity contribution in [2.45, 2.75) is 0 Å². The van der Waals surface area contributed by atoms with Crippen LogP contribution < -0.4 is 0 Å². The zero-order chi connectivity index (χ0) is 9.97. The van der Waals surface area contributed by atoms with Gasteiger partial charge in [-0.2, -0.15) is 0 Å². The van der Waals surface area contributed by atoms with Crippen LogP contribution in [-0.2, 0) is 9.53 Å². The number of aliphatic hydroxyl groups excluding tert-OH is 1. The molecule has 4 nitrogen and oxygen atoms in total. The number of carbonyl (C=O) groups excluding carboxylic acids is 1. The summed E-state index contributed by atoms with van der Waals surface area (Å²) in [6.45, 7) is 0. The average molecular weight is 189 g/mol. The summed E-state index contributed by atoms with van der Waals surface area (Å²) in [7, 11) is 0. The average Bonchev–Trinajstić information content (AvgIpc) is 2.61. The Bertz CT molecular complexity index is 420. The van der Waals surface area contributed by atoms with Crippen molar-refractivity contribution in [1.82, 2.24) is 0 Å². The Morgan fingerprint density at radius 2 is 2.00 bits per heavy atom. The van der Waals surface area contributed by atoms with Gasteiger partial charge in [0, 0.05) is 5.56 Å². The zero-order valence-corrected chi connectivity index (χ0v) is 7.18. The molecule has 1 aliphatic rings. The second-order valence-electron chi connectivity index (χ2n) is 2.69. The van der Waals surface area contributed by atoms with E-state index in [1.165, 1.54) is 0 Å². The second kappa shape index (κ2) is 3.33. The number of benzene rings is 1. The fourth-order valence-electron chi connectivity index (χ4n) is 1.10. The fourth-order valence-corrected chi connectivity index (χ4v) is 1.10. The highest BCUT2D eigenvalue weighted by atomic mass is 16.6. The molecule has 1 aliphatic heterocycles. The van der Waals surface area contributed by atoms with Crippen LogP contribution in [0, 0.1) is 0 Å². The number of hydrogen-bond acceptors (Lipinski definition) is 4. The molecule has 4 heteroatoms. The van der Waals surface area contributed by atoms with Gasteiger partial charge in [0.15, 0.2) is 5.70 Å². The van der Waals surface area contributed by atoms with Crippen molar-refractivity contribution in [2.75, 3.05) is 0 Å². The molecule has 1 aromatic carbocycles. The lowest BCUT2D eigenvalue weighted by Gasteiger charge is -1.96. The van der Waals surface area contributed by atoms with Crippen molar-refractivity contribution in [3.63, 3.8) is 0 Å². The summed E-state index contributed by atoms with van der Waals surface area (Å²) in [5.74, 6) is -0.415. The van der Waals surface area contributed by atoms with E-state index in [4.69, 9.17) is 9.84 Å². The molecule has 1 N–H and O–H groups in total. The van der Waals surface area contributed by atoms with Crippen LogP contribution in [0.1, 0.15) is 5.56 Å². The van der Waals surface area contributed by atoms with Crippen LogP contribution in [0.25, 0.3) is 0 Å². The van der Waals surface area contributed by atoms with Gasteiger partial charge in [-0.05, 0) is 12.1 Å². The number of aliphatic hydroxyl groups is 1. The predicted molar refractivity (Wildman–Crippen MR) is 49.8 cm³/mol. The smallest absolute Gasteiger partial charge is 0.367 e. The minimum Gasteiger partial charge on any atom is -0.513 e. The molecule has 0 spiro atoms. The molecule has 0 saturated heterocycles. The van der Waals surface area contributed by atoms with Crippen molar-refractivity contribution in [3.05, 3.63) is 47.9 Å². The van der Waals surface area contributed by atoms with Gasteiger partial charge in [-0.15, -0.1) is 0 Å². The highest BCUT2D eigenvalue weighted by Crippen LogP contribution is 2.14. The molecule has 14 heavy (non-hydrogen) atoms. The Hall–Kier alpha value is -2.10. The molecule has 0 atom stereocenters. The molecule has 0 aromatic heterocycles. The minimum atomic E-state index is -0.633. The molecule has 0 unspecified atom stereocenters. The summed E-state index contributed by atoms with van der Waals surface area (Å²) < 4.78 is 4.83. The van der Waals surface area contributed by atoms with E-state index < -0.39 is 5.97 Å². The first-order valence-electron chi connectivity index (χ1n) is 4.02. The number of cyclic esters (lactones) is 1. The summed E-state index contributed by atoms with van der Waals surface area (Å²) in [6.07, 6.45) is 0.637. The Labute approximate surface area is 80.2 Å². The van der Waals surface area contributed by atoms with E-state index >= 15 is 0 Å². The SMILES string of the molecule is O=C1OC(c2ccccc2)=NC1=CO. The molecule has 1 heterocycles. The number of carbonyl (C=O) groups is 1. The predicted octanol–water partition coefficient (Wildman–Crippen LogP) is 1.39. The first kappa shape index (κ1) is 8.50. The van der Waals surface area contributed by atoms with Crippen molar-refractivity contribution >= 4 is 11.9 Å². The number of ether oxygens (including phenoxy) is 1. The van der Waals surface area contributed by atoms with Crippen molar-refractivity contribution in [3.8, 4) is 0 Å². The molecule has 0 fully saturated rings. The Morgan fingerprint density at radius 3 is 2.57 bits per heavy atom. The maximum Gasteiger partial charge on any atom is 0.367 e. The molecule has 0 bridgehead atoms. The maximum atomic E-state index is 11.0. The molecule has 70 valence electrons. The van der Waals surface area contributed by atoms with Crippen molar-refractivity contribution in [2.24, 2.45) is 4.99 Å². The van der Waals surface area contributed by atoms with Crippen LogP contribution in [-0.4, -0.2) is 17.0 Å². The van der Waals surface area contributed by atoms with E-state index in [-0.39, 0.29) is 11.6 Å². The molecule has 0 saturated carbocycles. The van der Waals surface area contributed by atoms with Gasteiger partial charge < -0.3 is 9.84 Å². The first-order valence-corrected chi connectivity index (χ1v) is 4.02. The first-order chi connectivity index (χ1) is 6.81. The quantitative estimate of drug-likeness (QED) is 0.412. The molecule has 2 rings (SSSR count). The zero-order valence-electron chi connectivity index (χ0n) is 7.18. The highest BCUT2D eigenvalue weighted by molar-refractivity contribution is 6.10. The van der Waals surface area contributed by atoms with E-state index in [1.807, 2.05) is 18.2 Å². The van der Waals surface area contributed by atoms with Crippen LogP contribution in [0.2, 0.25) is 0 Å². The van der Waals surface area contributed by atoms with E-state index in [9.17, 15) is 4.79 Å². The van der Waals surface area contributed by atoms with Crippen LogP contribution in [0.3, 0.4) is 0 Å². The van der Waals surface area contributed by atoms with Crippen LogP contribution >= 0.6 is 0 Å². The third-order valence-corrected chi connectivity index (χ3v) is 1.76. The van der Waals surface area contributed by atoms with Gasteiger partial charge in [0.25, 0.3) is 0 Å². The Morgan fingerprint density at radius 1 is 1.29 bits per heavy atom. The monoisotopic (exact) mass is 189 g/mol. The largest absolute Gasteiger partial charge is 0.513 e. The van der Waals surface area contributed by atoms with E-state index in [2.05, 4.69) is 4.99 Å². The Balaban J connectivity index is 2.36. The summed E-state index contributed by atoms with van der Waals surface area (Å²) in [5, 5.41) is 8.63. The standard InChI is InChI=1S/C10H7NO3/c12-6-8-10(13)14-9(11-8)7-4-2-1-3-5-7/h1-6,12H. The molecule has 0 amide bonds. The molecular formula is C10H7NO3. The van der Waals surface area contributed by atoms with Crippen LogP contribution in [0.4, 0.5) is 0 Å². The number of nitrogens with zero attached hydrogens (tertiary/aromatic N) is 1. The fraction of sp³-hybridized carbons (Fsp3) is 0. The molecule has 0 radical (unpaired) electrons. The topological polar surface area (TPSA) is 58.9 Å². The lowest BCUT2D eigenvalue weighted by atomic mass is 10.2. The normalized spacial score (nSPS) is 18.1.